The molecule has 0 aliphatic carbocycles. The van der Waals surface area contributed by atoms with Crippen LogP contribution in [0.15, 0.2) is 43.1 Å². The van der Waals surface area contributed by atoms with Gasteiger partial charge in [-0.2, -0.15) is 0 Å². The second kappa shape index (κ2) is 6.94. The van der Waals surface area contributed by atoms with E-state index in [9.17, 15) is 4.79 Å². The lowest BCUT2D eigenvalue weighted by Crippen LogP contribution is -1.96. The van der Waals surface area contributed by atoms with Crippen molar-refractivity contribution >= 4 is 16.9 Å². The van der Waals surface area contributed by atoms with Gasteiger partial charge in [0, 0.05) is 30.1 Å². The lowest BCUT2D eigenvalue weighted by atomic mass is 10.1. The summed E-state index contributed by atoms with van der Waals surface area (Å²) in [6, 6.07) is 8.34. The quantitative estimate of drug-likeness (QED) is 0.582. The number of hydrogen-bond donors (Lipinski definition) is 1. The average Bonchev–Trinajstić information content (AvgIpc) is 2.78. The summed E-state index contributed by atoms with van der Waals surface area (Å²) in [4.78, 5) is 10.6. The molecule has 0 fully saturated rings. The van der Waals surface area contributed by atoms with Crippen molar-refractivity contribution in [3.05, 3.63) is 48.7 Å². The van der Waals surface area contributed by atoms with E-state index in [0.717, 1.165) is 25.8 Å². The van der Waals surface area contributed by atoms with Crippen molar-refractivity contribution < 1.29 is 9.90 Å². The van der Waals surface area contributed by atoms with Crippen molar-refractivity contribution in [3.63, 3.8) is 0 Å². The number of para-hydroxylation sites is 1. The van der Waals surface area contributed by atoms with Crippen molar-refractivity contribution in [2.45, 2.75) is 38.6 Å². The Labute approximate surface area is 119 Å². The lowest BCUT2D eigenvalue weighted by molar-refractivity contribution is -0.137. The molecule has 2 rings (SSSR count). The van der Waals surface area contributed by atoms with E-state index in [4.69, 9.17) is 5.11 Å². The monoisotopic (exact) mass is 271 g/mol. The standard InChI is InChI=1S/C17H21NO2/c1-2-3-6-12-18-13-14(8-7-11-17(19)20)15-9-4-5-10-16(15)18/h2,4-5,9-10,13H,1,3,6-8,11-12H2,(H,19,20). The molecule has 0 saturated carbocycles. The maximum absolute atomic E-state index is 10.6. The van der Waals surface area contributed by atoms with Crippen LogP contribution >= 0.6 is 0 Å². The summed E-state index contributed by atoms with van der Waals surface area (Å²) < 4.78 is 2.27. The van der Waals surface area contributed by atoms with Gasteiger partial charge in [-0.25, -0.2) is 0 Å². The Balaban J connectivity index is 2.16. The molecule has 0 aliphatic heterocycles. The fourth-order valence-corrected chi connectivity index (χ4v) is 2.54. The van der Waals surface area contributed by atoms with Crippen LogP contribution in [0.1, 0.15) is 31.2 Å². The lowest BCUT2D eigenvalue weighted by Gasteiger charge is -2.03. The van der Waals surface area contributed by atoms with Crippen LogP contribution in [-0.2, 0) is 17.8 Å². The van der Waals surface area contributed by atoms with Crippen LogP contribution in [0.25, 0.3) is 10.9 Å². The highest BCUT2D eigenvalue weighted by molar-refractivity contribution is 5.84. The van der Waals surface area contributed by atoms with Crippen LogP contribution < -0.4 is 0 Å². The first-order valence-corrected chi connectivity index (χ1v) is 7.12. The van der Waals surface area contributed by atoms with Crippen LogP contribution in [0.3, 0.4) is 0 Å². The zero-order chi connectivity index (χ0) is 14.4. The van der Waals surface area contributed by atoms with Gasteiger partial charge >= 0.3 is 5.97 Å². The molecule has 0 unspecified atom stereocenters. The molecule has 0 bridgehead atoms. The number of carboxylic acids is 1. The predicted molar refractivity (Wildman–Crippen MR) is 81.9 cm³/mol. The van der Waals surface area contributed by atoms with E-state index in [1.54, 1.807) is 0 Å². The molecular formula is C17H21NO2. The SMILES string of the molecule is C=CCCCn1cc(CCCC(=O)O)c2ccccc21. The first kappa shape index (κ1) is 14.4. The number of aromatic nitrogens is 1. The summed E-state index contributed by atoms with van der Waals surface area (Å²) in [6.45, 7) is 4.73. The molecule has 3 nitrogen and oxygen atoms in total. The van der Waals surface area contributed by atoms with Crippen molar-refractivity contribution in [2.24, 2.45) is 0 Å². The van der Waals surface area contributed by atoms with E-state index < -0.39 is 5.97 Å². The van der Waals surface area contributed by atoms with Gasteiger partial charge in [-0.15, -0.1) is 6.58 Å². The number of carbonyl (C=O) groups is 1. The Morgan fingerprint density at radius 1 is 1.30 bits per heavy atom. The van der Waals surface area contributed by atoms with Gasteiger partial charge in [0.05, 0.1) is 0 Å². The molecule has 0 amide bonds. The summed E-state index contributed by atoms with van der Waals surface area (Å²) in [5, 5.41) is 9.99. The van der Waals surface area contributed by atoms with Gasteiger partial charge in [-0.05, 0) is 37.3 Å². The normalized spacial score (nSPS) is 10.8. The van der Waals surface area contributed by atoms with Gasteiger partial charge in [0.2, 0.25) is 0 Å². The third-order valence-electron chi connectivity index (χ3n) is 3.52. The maximum Gasteiger partial charge on any atom is 0.303 e. The summed E-state index contributed by atoms with van der Waals surface area (Å²) in [5.74, 6) is -0.722. The van der Waals surface area contributed by atoms with E-state index in [0.29, 0.717) is 6.42 Å². The average molecular weight is 271 g/mol. The number of aryl methyl sites for hydroxylation is 2. The molecule has 0 saturated heterocycles. The minimum absolute atomic E-state index is 0.232. The zero-order valence-electron chi connectivity index (χ0n) is 11.7. The number of fused-ring (bicyclic) bond motifs is 1. The number of hydrogen-bond acceptors (Lipinski definition) is 1. The highest BCUT2D eigenvalue weighted by Gasteiger charge is 2.08. The van der Waals surface area contributed by atoms with Crippen LogP contribution in [0.5, 0.6) is 0 Å². The van der Waals surface area contributed by atoms with E-state index >= 15 is 0 Å². The summed E-state index contributed by atoms with van der Waals surface area (Å²) in [5.41, 5.74) is 2.49. The molecule has 3 heteroatoms. The highest BCUT2D eigenvalue weighted by atomic mass is 16.4. The molecular weight excluding hydrogens is 250 g/mol. The Hall–Kier alpha value is -2.03. The van der Waals surface area contributed by atoms with Gasteiger partial charge in [0.1, 0.15) is 0 Å². The van der Waals surface area contributed by atoms with Gasteiger partial charge in [0.15, 0.2) is 0 Å². The smallest absolute Gasteiger partial charge is 0.303 e. The van der Waals surface area contributed by atoms with Crippen molar-refractivity contribution in [2.75, 3.05) is 0 Å². The minimum atomic E-state index is -0.722. The number of aliphatic carboxylic acids is 1. The van der Waals surface area contributed by atoms with Crippen LogP contribution in [-0.4, -0.2) is 15.6 Å². The van der Waals surface area contributed by atoms with Crippen molar-refractivity contribution in [1.29, 1.82) is 0 Å². The summed E-state index contributed by atoms with van der Waals surface area (Å²) in [6.07, 6.45) is 7.96. The van der Waals surface area contributed by atoms with E-state index in [-0.39, 0.29) is 6.42 Å². The molecule has 0 spiro atoms. The highest BCUT2D eigenvalue weighted by Crippen LogP contribution is 2.23. The maximum atomic E-state index is 10.6. The molecule has 106 valence electrons. The Morgan fingerprint density at radius 2 is 2.10 bits per heavy atom. The second-order valence-corrected chi connectivity index (χ2v) is 5.04. The molecule has 1 heterocycles. The zero-order valence-corrected chi connectivity index (χ0v) is 11.7. The van der Waals surface area contributed by atoms with E-state index in [1.807, 2.05) is 18.2 Å². The summed E-state index contributed by atoms with van der Waals surface area (Å²) in [7, 11) is 0. The summed E-state index contributed by atoms with van der Waals surface area (Å²) >= 11 is 0. The number of nitrogens with zero attached hydrogens (tertiary/aromatic N) is 1. The fourth-order valence-electron chi connectivity index (χ4n) is 2.54. The van der Waals surface area contributed by atoms with Crippen LogP contribution in [0, 0.1) is 0 Å². The second-order valence-electron chi connectivity index (χ2n) is 5.04. The van der Waals surface area contributed by atoms with Gasteiger partial charge in [-0.3, -0.25) is 4.79 Å². The number of benzene rings is 1. The Bertz CT molecular complexity index is 598. The molecule has 1 aromatic carbocycles. The topological polar surface area (TPSA) is 42.2 Å². The number of unbranched alkanes of at least 4 members (excludes halogenated alkanes) is 1. The number of carboxylic acid groups (broad SMARTS) is 1. The number of rotatable bonds is 8. The molecule has 20 heavy (non-hydrogen) atoms. The van der Waals surface area contributed by atoms with Gasteiger partial charge in [0.25, 0.3) is 0 Å². The fraction of sp³-hybridized carbons (Fsp3) is 0.353. The Kier molecular flexibility index (Phi) is 4.99. The molecule has 0 aliphatic rings. The molecule has 2 aromatic rings. The van der Waals surface area contributed by atoms with Crippen molar-refractivity contribution in [3.8, 4) is 0 Å². The molecule has 1 aromatic heterocycles. The van der Waals surface area contributed by atoms with E-state index in [1.165, 1.54) is 16.5 Å². The number of allylic oxidation sites excluding steroid dienone is 1. The molecule has 0 radical (unpaired) electrons. The molecule has 1 N–H and O–H groups in total. The largest absolute Gasteiger partial charge is 0.481 e. The third kappa shape index (κ3) is 3.50. The van der Waals surface area contributed by atoms with Gasteiger partial charge < -0.3 is 9.67 Å². The first-order valence-electron chi connectivity index (χ1n) is 7.12. The third-order valence-corrected chi connectivity index (χ3v) is 3.52. The first-order chi connectivity index (χ1) is 9.72. The van der Waals surface area contributed by atoms with E-state index in [2.05, 4.69) is 29.5 Å². The van der Waals surface area contributed by atoms with Crippen LogP contribution in [0.2, 0.25) is 0 Å². The minimum Gasteiger partial charge on any atom is -0.481 e. The van der Waals surface area contributed by atoms with Gasteiger partial charge in [-0.1, -0.05) is 24.3 Å². The molecule has 0 atom stereocenters. The van der Waals surface area contributed by atoms with Crippen LogP contribution in [0.4, 0.5) is 0 Å². The predicted octanol–water partition coefficient (Wildman–Crippen LogP) is 4.01. The van der Waals surface area contributed by atoms with Crippen molar-refractivity contribution in [1.82, 2.24) is 4.57 Å². The Morgan fingerprint density at radius 3 is 2.85 bits per heavy atom.